The van der Waals surface area contributed by atoms with E-state index in [1.54, 1.807) is 141 Å². The second-order valence-electron chi connectivity index (χ2n) is 28.5. The molecule has 127 heavy (non-hydrogen) atoms. The minimum Gasteiger partial charge on any atom is -0.484 e. The van der Waals surface area contributed by atoms with Crippen LogP contribution in [0.15, 0.2) is 193 Å². The first kappa shape index (κ1) is 101. The zero-order valence-electron chi connectivity index (χ0n) is 70.4. The van der Waals surface area contributed by atoms with Crippen molar-refractivity contribution >= 4 is 150 Å². The van der Waals surface area contributed by atoms with Crippen LogP contribution >= 0.6 is 101 Å². The first-order valence-corrected chi connectivity index (χ1v) is 41.4. The van der Waals surface area contributed by atoms with Crippen LogP contribution < -0.4 is 19.7 Å². The molecule has 0 radical (unpaired) electrons. The summed E-state index contributed by atoms with van der Waals surface area (Å²) >= 11 is 43.1. The molecule has 3 atom stereocenters. The molecule has 1 aliphatic rings. The summed E-state index contributed by atoms with van der Waals surface area (Å²) in [4.78, 5) is 106. The number of ether oxygens (including phenoxy) is 6. The molecular weight excluding hydrogens is 1910 g/mol. The Balaban J connectivity index is 0.000000218. The average Bonchev–Trinajstić information content (AvgIpc) is 1.62. The van der Waals surface area contributed by atoms with Gasteiger partial charge >= 0.3 is 37.0 Å². The Morgan fingerprint density at radius 2 is 0.685 bits per heavy atom. The second-order valence-corrected chi connectivity index (χ2v) is 32.7. The minimum atomic E-state index is -1.07. The average molecular weight is 1990 g/mol. The molecule has 664 valence electrons. The fourth-order valence-electron chi connectivity index (χ4n) is 11.3. The molecule has 3 aromatic carbocycles. The van der Waals surface area contributed by atoms with Crippen LogP contribution in [-0.2, 0) is 23.5 Å². The smallest absolute Gasteiger partial charge is 0.484 e. The van der Waals surface area contributed by atoms with Gasteiger partial charge in [0.25, 0.3) is 5.91 Å². The van der Waals surface area contributed by atoms with E-state index in [9.17, 15) is 41.9 Å². The Kier molecular flexibility index (Phi) is 36.6. The third kappa shape index (κ3) is 27.1. The lowest BCUT2D eigenvalue weighted by Gasteiger charge is -2.32. The summed E-state index contributed by atoms with van der Waals surface area (Å²) in [5.41, 5.74) is 8.65. The molecule has 2 N–H and O–H groups in total. The third-order valence-corrected chi connectivity index (χ3v) is 21.8. The van der Waals surface area contributed by atoms with Crippen LogP contribution in [0.1, 0.15) is 164 Å². The number of rotatable bonds is 19. The topological polar surface area (TPSA) is 336 Å². The van der Waals surface area contributed by atoms with Crippen molar-refractivity contribution in [3.8, 4) is 50.6 Å². The lowest BCUT2D eigenvalue weighted by molar-refractivity contribution is 0.00578. The molecule has 38 heteroatoms. The van der Waals surface area contributed by atoms with Crippen molar-refractivity contribution in [3.63, 3.8) is 0 Å². The summed E-state index contributed by atoms with van der Waals surface area (Å²) < 4.78 is 86.7. The van der Waals surface area contributed by atoms with E-state index in [4.69, 9.17) is 108 Å². The molecule has 0 aliphatic carbocycles. The first-order chi connectivity index (χ1) is 60.0. The molecular formula is C89H82BBr2Cl6F3N10O16. The van der Waals surface area contributed by atoms with E-state index in [-0.39, 0.29) is 39.5 Å². The minimum absolute atomic E-state index is 0. The van der Waals surface area contributed by atoms with Crippen LogP contribution in [0.3, 0.4) is 0 Å². The van der Waals surface area contributed by atoms with E-state index in [0.29, 0.717) is 121 Å². The second kappa shape index (κ2) is 45.9. The van der Waals surface area contributed by atoms with Crippen LogP contribution in [0.2, 0.25) is 30.1 Å². The van der Waals surface area contributed by atoms with E-state index in [1.165, 1.54) is 124 Å². The van der Waals surface area contributed by atoms with Crippen LogP contribution in [-0.4, -0.2) is 149 Å². The van der Waals surface area contributed by atoms with Crippen molar-refractivity contribution in [1.29, 1.82) is 0 Å². The molecule has 12 aromatic rings. The Hall–Kier alpha value is -11.3. The summed E-state index contributed by atoms with van der Waals surface area (Å²) in [6.45, 7) is 18.4. The number of carboxylic acid groups (broad SMARTS) is 2. The van der Waals surface area contributed by atoms with Gasteiger partial charge in [-0.05, 0) is 192 Å². The van der Waals surface area contributed by atoms with Gasteiger partial charge in [0, 0.05) is 188 Å². The van der Waals surface area contributed by atoms with Crippen LogP contribution in [0, 0.1) is 38.2 Å². The SMILES string of the molecule is COC(=O)c1cncc(-c2cnc(C)c(OC(C)c3c(Cl)ccc(F)c3Cl)c2)c1.COC(=O)c1cncc(B2OC(C)(C)C(C)(C)O2)c1.COC(=O)c1cncc(Br)c1.Cc1ncc(-c2cncc(C(=O)N(C)C)c2)cc1OC(C)c1c(Cl)ccc(F)c1Cl.Cc1ncc(-c2cncc(C(=O)O)c2)cc1OC(C)c1c(Cl)ccc(F)c1Cl.O=C(O)c1cncc(Br)c1.[2HH]. The van der Waals surface area contributed by atoms with Crippen LogP contribution in [0.4, 0.5) is 13.2 Å². The molecule has 26 nitrogen and oxygen atoms in total. The number of methoxy groups -OCH3 is 3. The number of carbonyl (C=O) groups excluding carboxylic acids is 4. The van der Waals surface area contributed by atoms with Gasteiger partial charge in [0.1, 0.15) is 53.0 Å². The van der Waals surface area contributed by atoms with Gasteiger partial charge in [-0.1, -0.05) is 69.6 Å². The molecule has 0 bridgehead atoms. The Morgan fingerprint density at radius 3 is 1.01 bits per heavy atom. The van der Waals surface area contributed by atoms with Gasteiger partial charge in [-0.2, -0.15) is 0 Å². The molecule has 1 amide bonds. The zero-order chi connectivity index (χ0) is 93.6. The van der Waals surface area contributed by atoms with E-state index < -0.39 is 78.0 Å². The lowest BCUT2D eigenvalue weighted by Crippen LogP contribution is -2.41. The number of carboxylic acids is 2. The molecule has 9 aromatic heterocycles. The van der Waals surface area contributed by atoms with Gasteiger partial charge < -0.3 is 52.8 Å². The van der Waals surface area contributed by atoms with Crippen molar-refractivity contribution in [1.82, 2.24) is 49.8 Å². The largest absolute Gasteiger partial charge is 0.496 e. The predicted molar refractivity (Wildman–Crippen MR) is 485 cm³/mol. The number of halogens is 11. The quantitative estimate of drug-likeness (QED) is 0.0329. The number of hydrogen-bond acceptors (Lipinski definition) is 23. The fraction of sp³-hybridized carbons (Fsp3) is 0.225. The summed E-state index contributed by atoms with van der Waals surface area (Å²) in [5.74, 6) is -3.81. The zero-order valence-corrected chi connectivity index (χ0v) is 78.1. The Morgan fingerprint density at radius 1 is 0.409 bits per heavy atom. The summed E-state index contributed by atoms with van der Waals surface area (Å²) in [7, 11) is 6.81. The van der Waals surface area contributed by atoms with Gasteiger partial charge in [0.15, 0.2) is 0 Å². The van der Waals surface area contributed by atoms with E-state index in [0.717, 1.165) is 15.6 Å². The van der Waals surface area contributed by atoms with Crippen molar-refractivity contribution in [2.75, 3.05) is 35.4 Å². The van der Waals surface area contributed by atoms with Crippen molar-refractivity contribution < 1.29 is 91.3 Å². The number of esters is 3. The summed E-state index contributed by atoms with van der Waals surface area (Å²) in [5, 5.41) is 18.2. The van der Waals surface area contributed by atoms with Crippen molar-refractivity contribution in [3.05, 3.63) is 308 Å². The summed E-state index contributed by atoms with van der Waals surface area (Å²) in [6.07, 6.45) is 21.0. The van der Waals surface area contributed by atoms with Crippen LogP contribution in [0.25, 0.3) is 33.4 Å². The summed E-state index contributed by atoms with van der Waals surface area (Å²) in [6, 6.07) is 22.9. The highest BCUT2D eigenvalue weighted by molar-refractivity contribution is 9.10. The number of benzene rings is 3. The van der Waals surface area contributed by atoms with Crippen molar-refractivity contribution in [2.45, 2.75) is 98.8 Å². The third-order valence-electron chi connectivity index (χ3n) is 18.8. The maximum atomic E-state index is 13.9. The highest BCUT2D eigenvalue weighted by Crippen LogP contribution is 2.42. The number of nitrogens with zero attached hydrogens (tertiary/aromatic N) is 10. The number of aromatic carboxylic acids is 2. The van der Waals surface area contributed by atoms with Gasteiger partial charge in [-0.15, -0.1) is 0 Å². The van der Waals surface area contributed by atoms with Crippen LogP contribution in [0.5, 0.6) is 17.2 Å². The standard InChI is InChI=1S/C22H20Cl2FN3O2.C21H17Cl2FN2O3.C20H15Cl2FN2O3.C13H18BNO4.C7H6BrNO2.C6H4BrNO2.H2/c1-12-19(30-13(2)20-17(23)5-6-18(25)21(20)24)8-15(11-27-12)14-7-16(10-26-9-14)22(29)28(3)4;1-11-18(29-12(2)19-16(22)4-5-17(24)20(19)23)7-14(10-26-11)13-6-15(9-25-8-13)21(27)28-3;1-10-17(28-11(2)18-15(21)3-4-16(23)19(18)22)6-13(9-25-10)12-5-14(20(26)27)8-24-7-12;1-12(2)13(3,4)19-14(18-12)10-6-9(7-15-8-10)11(16)17-5;1-11-7(10)5-2-6(8)4-9-3-5;7-5-1-4(6(9)10)2-8-3-5;/h5-11,13H,1-4H3;4-10,12H,1-3H3;3-9,11H,1-2H3,(H,26,27);6-8H,1-5H3;2-4H,1H3;1-3H,(H,9,10);1H/i;;;;;;1+1. The first-order valence-electron chi connectivity index (χ1n) is 37.6. The molecule has 13 rings (SSSR count). The number of aromatic nitrogens is 9. The number of amides is 1. The molecule has 10 heterocycles. The Bertz CT molecular complexity index is 6040. The lowest BCUT2D eigenvalue weighted by atomic mass is 9.80. The monoisotopic (exact) mass is 1980 g/mol. The van der Waals surface area contributed by atoms with E-state index in [2.05, 4.69) is 86.2 Å². The fourth-order valence-corrected chi connectivity index (χ4v) is 14.1. The van der Waals surface area contributed by atoms with Gasteiger partial charge in [-0.25, -0.2) is 37.1 Å². The van der Waals surface area contributed by atoms with Gasteiger partial charge in [-0.3, -0.25) is 49.7 Å². The number of hydrogen-bond donors (Lipinski definition) is 2. The molecule has 1 fully saturated rings. The molecule has 1 aliphatic heterocycles. The molecule has 3 unspecified atom stereocenters. The highest BCUT2D eigenvalue weighted by Gasteiger charge is 2.52. The van der Waals surface area contributed by atoms with Crippen molar-refractivity contribution in [2.24, 2.45) is 0 Å². The maximum absolute atomic E-state index is 13.9. The predicted octanol–water partition coefficient (Wildman–Crippen LogP) is 21.9. The Labute approximate surface area is 777 Å². The molecule has 0 saturated carbocycles. The number of carbonyl (C=O) groups is 6. The van der Waals surface area contributed by atoms with E-state index in [1.807, 2.05) is 27.7 Å². The highest BCUT2D eigenvalue weighted by atomic mass is 79.9. The van der Waals surface area contributed by atoms with E-state index >= 15 is 0 Å². The normalized spacial score (nSPS) is 12.7. The molecule has 0 spiro atoms. The van der Waals surface area contributed by atoms with Gasteiger partial charge in [0.05, 0.1) is 98.1 Å². The maximum Gasteiger partial charge on any atom is 0.496 e. The number of pyridine rings is 9. The van der Waals surface area contributed by atoms with Gasteiger partial charge in [0.2, 0.25) is 0 Å². The number of aryl methyl sites for hydroxylation is 3. The molecule has 1 saturated heterocycles.